The molecule has 0 radical (unpaired) electrons. The third kappa shape index (κ3) is 4.15. The first-order valence-electron chi connectivity index (χ1n) is 8.45. The molecule has 2 aromatic carbocycles. The van der Waals surface area contributed by atoms with E-state index in [1.54, 1.807) is 0 Å². The van der Waals surface area contributed by atoms with Crippen LogP contribution in [0.3, 0.4) is 0 Å². The number of hydrogen-bond donors (Lipinski definition) is 1. The molecule has 0 spiro atoms. The molecule has 1 saturated heterocycles. The fourth-order valence-corrected chi connectivity index (χ4v) is 4.84. The number of methoxy groups -OCH3 is 2. The molecule has 9 heteroatoms. The van der Waals surface area contributed by atoms with Gasteiger partial charge in [0.2, 0.25) is 10.0 Å². The number of nitrogens with zero attached hydrogens (tertiary/aromatic N) is 1. The van der Waals surface area contributed by atoms with Gasteiger partial charge in [0.05, 0.1) is 19.1 Å². The van der Waals surface area contributed by atoms with Crippen molar-refractivity contribution in [3.8, 4) is 5.75 Å². The average molecular weight is 427 g/mol. The predicted molar refractivity (Wildman–Crippen MR) is 107 cm³/mol. The van der Waals surface area contributed by atoms with Crippen molar-refractivity contribution in [3.05, 3.63) is 59.7 Å². The highest BCUT2D eigenvalue weighted by molar-refractivity contribution is 7.89. The molecular formula is C19H23ClN2O5S. The molecule has 1 aliphatic rings. The zero-order valence-corrected chi connectivity index (χ0v) is 17.2. The smallest absolute Gasteiger partial charge is 0.341 e. The van der Waals surface area contributed by atoms with Gasteiger partial charge in [-0.1, -0.05) is 30.3 Å². The topological polar surface area (TPSA) is 98.9 Å². The zero-order chi connectivity index (χ0) is 19.6. The Kier molecular flexibility index (Phi) is 7.06. The second-order valence-corrected chi connectivity index (χ2v) is 8.29. The quantitative estimate of drug-likeness (QED) is 0.734. The average Bonchev–Trinajstić information content (AvgIpc) is 3.10. The zero-order valence-electron chi connectivity index (χ0n) is 15.6. The number of halogens is 1. The van der Waals surface area contributed by atoms with Crippen molar-refractivity contribution in [2.45, 2.75) is 16.9 Å². The lowest BCUT2D eigenvalue weighted by Gasteiger charge is -2.17. The maximum absolute atomic E-state index is 13.1. The minimum atomic E-state index is -3.81. The van der Waals surface area contributed by atoms with Crippen LogP contribution < -0.4 is 10.5 Å². The Balaban J connectivity index is 0.00000280. The Labute approximate surface area is 170 Å². The van der Waals surface area contributed by atoms with Crippen LogP contribution >= 0.6 is 12.4 Å². The molecule has 0 saturated carbocycles. The first-order chi connectivity index (χ1) is 12.9. The van der Waals surface area contributed by atoms with E-state index < -0.39 is 16.0 Å². The fraction of sp³-hybridized carbons (Fsp3) is 0.316. The Bertz CT molecular complexity index is 937. The number of rotatable bonds is 5. The summed E-state index contributed by atoms with van der Waals surface area (Å²) < 4.78 is 37.4. The highest BCUT2D eigenvalue weighted by Crippen LogP contribution is 2.32. The molecule has 0 unspecified atom stereocenters. The largest absolute Gasteiger partial charge is 0.496 e. The Morgan fingerprint density at radius 1 is 1.11 bits per heavy atom. The van der Waals surface area contributed by atoms with Crippen molar-refractivity contribution >= 4 is 28.4 Å². The highest BCUT2D eigenvalue weighted by atomic mass is 35.5. The SMILES string of the molecule is COC(=O)c1cc(S(=O)(=O)N2C[C@@H](N)[C@H](c3ccccc3)C2)ccc1OC.Cl. The summed E-state index contributed by atoms with van der Waals surface area (Å²) in [5.41, 5.74) is 7.29. The van der Waals surface area contributed by atoms with Crippen LogP contribution in [0.2, 0.25) is 0 Å². The molecule has 28 heavy (non-hydrogen) atoms. The second-order valence-electron chi connectivity index (χ2n) is 6.36. The van der Waals surface area contributed by atoms with Gasteiger partial charge >= 0.3 is 5.97 Å². The molecule has 7 nitrogen and oxygen atoms in total. The van der Waals surface area contributed by atoms with E-state index in [1.165, 1.54) is 36.7 Å². The summed E-state index contributed by atoms with van der Waals surface area (Å²) in [6.45, 7) is 0.495. The van der Waals surface area contributed by atoms with E-state index in [0.29, 0.717) is 0 Å². The summed E-state index contributed by atoms with van der Waals surface area (Å²) in [6, 6.07) is 13.5. The van der Waals surface area contributed by atoms with Crippen LogP contribution in [0.5, 0.6) is 5.75 Å². The monoisotopic (exact) mass is 426 g/mol. The van der Waals surface area contributed by atoms with Gasteiger partial charge in [-0.25, -0.2) is 13.2 Å². The van der Waals surface area contributed by atoms with Gasteiger partial charge in [-0.15, -0.1) is 12.4 Å². The molecule has 1 aliphatic heterocycles. The molecule has 1 heterocycles. The summed E-state index contributed by atoms with van der Waals surface area (Å²) >= 11 is 0. The number of sulfonamides is 1. The number of carbonyl (C=O) groups excluding carboxylic acids is 1. The molecule has 1 fully saturated rings. The molecule has 2 N–H and O–H groups in total. The first-order valence-corrected chi connectivity index (χ1v) is 9.89. The van der Waals surface area contributed by atoms with E-state index >= 15 is 0 Å². The molecule has 0 bridgehead atoms. The summed E-state index contributed by atoms with van der Waals surface area (Å²) in [6.07, 6.45) is 0. The Morgan fingerprint density at radius 3 is 2.39 bits per heavy atom. The Hall–Kier alpha value is -2.13. The predicted octanol–water partition coefficient (Wildman–Crippen LogP) is 2.02. The van der Waals surface area contributed by atoms with Gasteiger partial charge in [0, 0.05) is 25.0 Å². The van der Waals surface area contributed by atoms with Crippen LogP contribution in [0, 0.1) is 0 Å². The van der Waals surface area contributed by atoms with Crippen molar-refractivity contribution in [2.75, 3.05) is 27.3 Å². The van der Waals surface area contributed by atoms with Crippen LogP contribution in [0.15, 0.2) is 53.4 Å². The van der Waals surface area contributed by atoms with E-state index in [2.05, 4.69) is 0 Å². The summed E-state index contributed by atoms with van der Waals surface area (Å²) in [4.78, 5) is 12.0. The number of nitrogens with two attached hydrogens (primary N) is 1. The summed E-state index contributed by atoms with van der Waals surface area (Å²) in [5.74, 6) is -0.496. The fourth-order valence-electron chi connectivity index (χ4n) is 3.31. The van der Waals surface area contributed by atoms with Crippen molar-refractivity contribution in [2.24, 2.45) is 5.73 Å². The molecule has 152 valence electrons. The van der Waals surface area contributed by atoms with Gasteiger partial charge in [-0.3, -0.25) is 0 Å². The minimum absolute atomic E-state index is 0. The van der Waals surface area contributed by atoms with E-state index in [-0.39, 0.29) is 53.7 Å². The number of hydrogen-bond acceptors (Lipinski definition) is 6. The minimum Gasteiger partial charge on any atom is -0.496 e. The number of carbonyl (C=O) groups is 1. The van der Waals surface area contributed by atoms with Crippen LogP contribution in [-0.2, 0) is 14.8 Å². The lowest BCUT2D eigenvalue weighted by atomic mass is 9.95. The van der Waals surface area contributed by atoms with Crippen molar-refractivity contribution in [1.82, 2.24) is 4.31 Å². The normalized spacial score (nSPS) is 19.7. The third-order valence-electron chi connectivity index (χ3n) is 4.77. The molecule has 3 rings (SSSR count). The second kappa shape index (κ2) is 8.91. The molecule has 0 aliphatic carbocycles. The standard InChI is InChI=1S/C19H22N2O5S.ClH/c1-25-18-9-8-14(10-15(18)19(22)26-2)27(23,24)21-11-16(17(20)12-21)13-6-4-3-5-7-13;/h3-10,16-17H,11-12,20H2,1-2H3;1H/t16-,17+;/m0./s1. The molecule has 2 atom stereocenters. The van der Waals surface area contributed by atoms with E-state index in [9.17, 15) is 13.2 Å². The molecule has 0 aromatic heterocycles. The van der Waals surface area contributed by atoms with Crippen LogP contribution in [0.4, 0.5) is 0 Å². The first kappa shape index (κ1) is 22.2. The lowest BCUT2D eigenvalue weighted by molar-refractivity contribution is 0.0596. The van der Waals surface area contributed by atoms with Gasteiger partial charge < -0.3 is 15.2 Å². The van der Waals surface area contributed by atoms with Gasteiger partial charge in [-0.05, 0) is 23.8 Å². The summed E-state index contributed by atoms with van der Waals surface area (Å²) in [5, 5.41) is 0. The van der Waals surface area contributed by atoms with Gasteiger partial charge in [0.15, 0.2) is 0 Å². The van der Waals surface area contributed by atoms with E-state index in [4.69, 9.17) is 15.2 Å². The maximum atomic E-state index is 13.1. The molecule has 2 aromatic rings. The van der Waals surface area contributed by atoms with Crippen LogP contribution in [-0.4, -0.2) is 52.0 Å². The number of ether oxygens (including phenoxy) is 2. The number of benzene rings is 2. The lowest BCUT2D eigenvalue weighted by Crippen LogP contribution is -2.32. The van der Waals surface area contributed by atoms with Crippen molar-refractivity contribution < 1.29 is 22.7 Å². The van der Waals surface area contributed by atoms with Crippen molar-refractivity contribution in [1.29, 1.82) is 0 Å². The molecule has 0 amide bonds. The van der Waals surface area contributed by atoms with Gasteiger partial charge in [0.1, 0.15) is 11.3 Å². The number of esters is 1. The van der Waals surface area contributed by atoms with Crippen LogP contribution in [0.1, 0.15) is 21.8 Å². The highest BCUT2D eigenvalue weighted by Gasteiger charge is 2.38. The van der Waals surface area contributed by atoms with E-state index in [1.807, 2.05) is 30.3 Å². The van der Waals surface area contributed by atoms with Crippen molar-refractivity contribution in [3.63, 3.8) is 0 Å². The van der Waals surface area contributed by atoms with E-state index in [0.717, 1.165) is 5.56 Å². The summed E-state index contributed by atoms with van der Waals surface area (Å²) in [7, 11) is -1.18. The van der Waals surface area contributed by atoms with Crippen LogP contribution in [0.25, 0.3) is 0 Å². The van der Waals surface area contributed by atoms with Gasteiger partial charge in [-0.2, -0.15) is 4.31 Å². The molecular weight excluding hydrogens is 404 g/mol. The Morgan fingerprint density at radius 2 is 1.79 bits per heavy atom. The van der Waals surface area contributed by atoms with Gasteiger partial charge in [0.25, 0.3) is 0 Å². The maximum Gasteiger partial charge on any atom is 0.341 e. The third-order valence-corrected chi connectivity index (χ3v) is 6.60.